The van der Waals surface area contributed by atoms with Gasteiger partial charge in [0.1, 0.15) is 0 Å². The summed E-state index contributed by atoms with van der Waals surface area (Å²) in [5.41, 5.74) is 0.734. The molecule has 1 rings (SSSR count). The van der Waals surface area contributed by atoms with Gasteiger partial charge in [-0.1, -0.05) is 61.9 Å². The van der Waals surface area contributed by atoms with Crippen molar-refractivity contribution in [3.63, 3.8) is 0 Å². The standard InChI is InChI=1S/C14H16O/c1-2-3-4-5-9-12-14(15)13-10-7-6-8-11-13/h4-12H,2-3H2,1H3/b5-4+,12-9+. The maximum absolute atomic E-state index is 11.6. The van der Waals surface area contributed by atoms with Crippen LogP contribution in [0.5, 0.6) is 0 Å². The molecule has 1 aromatic carbocycles. The summed E-state index contributed by atoms with van der Waals surface area (Å²) < 4.78 is 0. The first-order valence-corrected chi connectivity index (χ1v) is 5.27. The smallest absolute Gasteiger partial charge is 0.185 e. The van der Waals surface area contributed by atoms with Crippen molar-refractivity contribution >= 4 is 5.78 Å². The summed E-state index contributed by atoms with van der Waals surface area (Å²) in [5, 5.41) is 0. The van der Waals surface area contributed by atoms with Crippen molar-refractivity contribution in [1.29, 1.82) is 0 Å². The van der Waals surface area contributed by atoms with Gasteiger partial charge < -0.3 is 0 Å². The van der Waals surface area contributed by atoms with Gasteiger partial charge in [-0.3, -0.25) is 4.79 Å². The first-order valence-electron chi connectivity index (χ1n) is 5.27. The van der Waals surface area contributed by atoms with Gasteiger partial charge in [-0.05, 0) is 12.5 Å². The van der Waals surface area contributed by atoms with Crippen molar-refractivity contribution in [1.82, 2.24) is 0 Å². The number of carbonyl (C=O) groups is 1. The number of benzene rings is 1. The Morgan fingerprint density at radius 1 is 1.20 bits per heavy atom. The first-order chi connectivity index (χ1) is 7.34. The lowest BCUT2D eigenvalue weighted by molar-refractivity contribution is 0.104. The normalized spacial score (nSPS) is 11.3. The van der Waals surface area contributed by atoms with Gasteiger partial charge in [-0.2, -0.15) is 0 Å². The molecule has 0 aliphatic carbocycles. The van der Waals surface area contributed by atoms with E-state index in [1.165, 1.54) is 0 Å². The van der Waals surface area contributed by atoms with E-state index >= 15 is 0 Å². The van der Waals surface area contributed by atoms with E-state index in [1.54, 1.807) is 12.2 Å². The fourth-order valence-electron chi connectivity index (χ4n) is 1.18. The van der Waals surface area contributed by atoms with Crippen LogP contribution in [0.1, 0.15) is 30.1 Å². The molecular weight excluding hydrogens is 184 g/mol. The Bertz CT molecular complexity index is 347. The highest BCUT2D eigenvalue weighted by Crippen LogP contribution is 2.00. The zero-order valence-electron chi connectivity index (χ0n) is 9.02. The number of allylic oxidation sites excluding steroid dienone is 4. The van der Waals surface area contributed by atoms with Crippen LogP contribution in [-0.4, -0.2) is 5.78 Å². The minimum Gasteiger partial charge on any atom is -0.289 e. The molecule has 0 aliphatic rings. The van der Waals surface area contributed by atoms with E-state index in [4.69, 9.17) is 0 Å². The number of ketones is 1. The summed E-state index contributed by atoms with van der Waals surface area (Å²) in [6.45, 7) is 2.13. The van der Waals surface area contributed by atoms with Crippen LogP contribution in [0.2, 0.25) is 0 Å². The molecule has 0 bridgehead atoms. The van der Waals surface area contributed by atoms with Gasteiger partial charge in [0.15, 0.2) is 5.78 Å². The lowest BCUT2D eigenvalue weighted by Gasteiger charge is -1.92. The van der Waals surface area contributed by atoms with Gasteiger partial charge in [-0.25, -0.2) is 0 Å². The molecule has 0 radical (unpaired) electrons. The third-order valence-corrected chi connectivity index (χ3v) is 2.01. The van der Waals surface area contributed by atoms with Crippen LogP contribution in [0.3, 0.4) is 0 Å². The number of rotatable bonds is 5. The Kier molecular flexibility index (Phi) is 5.16. The SMILES string of the molecule is CCC/C=C/C=C/C(=O)c1ccccc1. The van der Waals surface area contributed by atoms with E-state index in [0.717, 1.165) is 18.4 Å². The quantitative estimate of drug-likeness (QED) is 0.401. The fraction of sp³-hybridized carbons (Fsp3) is 0.214. The molecule has 0 atom stereocenters. The Hall–Kier alpha value is -1.63. The van der Waals surface area contributed by atoms with E-state index in [9.17, 15) is 4.79 Å². The minimum absolute atomic E-state index is 0.0525. The predicted octanol–water partition coefficient (Wildman–Crippen LogP) is 3.78. The summed E-state index contributed by atoms with van der Waals surface area (Å²) >= 11 is 0. The van der Waals surface area contributed by atoms with Crippen LogP contribution in [0.15, 0.2) is 54.6 Å². The van der Waals surface area contributed by atoms with E-state index in [0.29, 0.717) is 0 Å². The second kappa shape index (κ2) is 6.77. The summed E-state index contributed by atoms with van der Waals surface area (Å²) in [6.07, 6.45) is 9.58. The summed E-state index contributed by atoms with van der Waals surface area (Å²) in [5.74, 6) is 0.0525. The van der Waals surface area contributed by atoms with Crippen molar-refractivity contribution in [2.24, 2.45) is 0 Å². The third-order valence-electron chi connectivity index (χ3n) is 2.01. The molecule has 15 heavy (non-hydrogen) atoms. The van der Waals surface area contributed by atoms with Crippen LogP contribution in [0, 0.1) is 0 Å². The Morgan fingerprint density at radius 3 is 2.60 bits per heavy atom. The lowest BCUT2D eigenvalue weighted by Crippen LogP contribution is -1.92. The van der Waals surface area contributed by atoms with Gasteiger partial charge in [0.05, 0.1) is 0 Å². The van der Waals surface area contributed by atoms with E-state index in [-0.39, 0.29) is 5.78 Å². The van der Waals surface area contributed by atoms with Gasteiger partial charge in [0.2, 0.25) is 0 Å². The second-order valence-electron chi connectivity index (χ2n) is 3.31. The molecule has 1 aromatic rings. The van der Waals surface area contributed by atoms with Gasteiger partial charge in [0.25, 0.3) is 0 Å². The molecule has 1 heteroatoms. The van der Waals surface area contributed by atoms with E-state index in [2.05, 4.69) is 13.0 Å². The molecule has 0 fully saturated rings. The highest BCUT2D eigenvalue weighted by molar-refractivity contribution is 6.04. The van der Waals surface area contributed by atoms with Crippen LogP contribution in [-0.2, 0) is 0 Å². The second-order valence-corrected chi connectivity index (χ2v) is 3.31. The molecule has 0 N–H and O–H groups in total. The van der Waals surface area contributed by atoms with E-state index in [1.807, 2.05) is 36.4 Å². The summed E-state index contributed by atoms with van der Waals surface area (Å²) in [7, 11) is 0. The van der Waals surface area contributed by atoms with E-state index < -0.39 is 0 Å². The number of hydrogen-bond acceptors (Lipinski definition) is 1. The minimum atomic E-state index is 0.0525. The molecule has 78 valence electrons. The Labute approximate surface area is 91.1 Å². The van der Waals surface area contributed by atoms with Crippen LogP contribution in [0.4, 0.5) is 0 Å². The zero-order valence-corrected chi connectivity index (χ0v) is 9.02. The fourth-order valence-corrected chi connectivity index (χ4v) is 1.18. The summed E-state index contributed by atoms with van der Waals surface area (Å²) in [6, 6.07) is 9.29. The maximum Gasteiger partial charge on any atom is 0.185 e. The Morgan fingerprint density at radius 2 is 1.93 bits per heavy atom. The van der Waals surface area contributed by atoms with Crippen LogP contribution < -0.4 is 0 Å². The molecule has 0 aliphatic heterocycles. The monoisotopic (exact) mass is 200 g/mol. The van der Waals surface area contributed by atoms with Gasteiger partial charge >= 0.3 is 0 Å². The van der Waals surface area contributed by atoms with Crippen LogP contribution in [0.25, 0.3) is 0 Å². The number of carbonyl (C=O) groups excluding carboxylic acids is 1. The molecule has 0 spiro atoms. The topological polar surface area (TPSA) is 17.1 Å². The first kappa shape index (κ1) is 11.4. The molecule has 0 saturated carbocycles. The van der Waals surface area contributed by atoms with Crippen LogP contribution >= 0.6 is 0 Å². The molecule has 0 aromatic heterocycles. The van der Waals surface area contributed by atoms with Crippen molar-refractivity contribution in [2.45, 2.75) is 19.8 Å². The highest BCUT2D eigenvalue weighted by Gasteiger charge is 1.97. The van der Waals surface area contributed by atoms with Gasteiger partial charge in [0, 0.05) is 5.56 Å². The average Bonchev–Trinajstić information content (AvgIpc) is 2.30. The lowest BCUT2D eigenvalue weighted by atomic mass is 10.1. The molecule has 1 nitrogen and oxygen atoms in total. The van der Waals surface area contributed by atoms with Crippen molar-refractivity contribution in [3.05, 3.63) is 60.2 Å². The third kappa shape index (κ3) is 4.41. The largest absolute Gasteiger partial charge is 0.289 e. The van der Waals surface area contributed by atoms with Crippen molar-refractivity contribution in [2.75, 3.05) is 0 Å². The Balaban J connectivity index is 2.49. The van der Waals surface area contributed by atoms with Crippen molar-refractivity contribution < 1.29 is 4.79 Å². The summed E-state index contributed by atoms with van der Waals surface area (Å²) in [4.78, 5) is 11.6. The molecule has 0 saturated heterocycles. The van der Waals surface area contributed by atoms with Crippen molar-refractivity contribution in [3.8, 4) is 0 Å². The average molecular weight is 200 g/mol. The zero-order chi connectivity index (χ0) is 10.9. The number of hydrogen-bond donors (Lipinski definition) is 0. The molecular formula is C14H16O. The number of unbranched alkanes of at least 4 members (excludes halogenated alkanes) is 1. The maximum atomic E-state index is 11.6. The highest BCUT2D eigenvalue weighted by atomic mass is 16.1. The molecule has 0 amide bonds. The molecule has 0 heterocycles. The van der Waals surface area contributed by atoms with Gasteiger partial charge in [-0.15, -0.1) is 0 Å². The molecule has 0 unspecified atom stereocenters. The predicted molar refractivity (Wildman–Crippen MR) is 64.0 cm³/mol.